The van der Waals surface area contributed by atoms with E-state index in [1.54, 1.807) is 0 Å². The van der Waals surface area contributed by atoms with Crippen LogP contribution in [0.3, 0.4) is 0 Å². The summed E-state index contributed by atoms with van der Waals surface area (Å²) in [6.45, 7) is -0.654. The van der Waals surface area contributed by atoms with Crippen LogP contribution in [-0.4, -0.2) is 51.5 Å². The average molecular weight is 339 g/mol. The van der Waals surface area contributed by atoms with Crippen molar-refractivity contribution in [1.82, 2.24) is 15.1 Å². The zero-order valence-electron chi connectivity index (χ0n) is 12.7. The minimum absolute atomic E-state index is 0.0406. The van der Waals surface area contributed by atoms with Gasteiger partial charge in [0.25, 0.3) is 5.91 Å². The van der Waals surface area contributed by atoms with Gasteiger partial charge in [-0.15, -0.1) is 0 Å². The van der Waals surface area contributed by atoms with Gasteiger partial charge in [0.15, 0.2) is 5.67 Å². The molecule has 0 saturated carbocycles. The largest absolute Gasteiger partial charge is 0.393 e. The second kappa shape index (κ2) is 6.27. The van der Waals surface area contributed by atoms with Crippen molar-refractivity contribution in [3.05, 3.63) is 41.6 Å². The highest BCUT2D eigenvalue weighted by atomic mass is 19.1. The molecule has 1 amide bonds. The molecule has 1 atom stereocenters. The van der Waals surface area contributed by atoms with Crippen molar-refractivity contribution >= 4 is 5.91 Å². The van der Waals surface area contributed by atoms with Crippen molar-refractivity contribution in [2.45, 2.75) is 18.5 Å². The minimum atomic E-state index is -1.86. The highest BCUT2D eigenvalue weighted by molar-refractivity contribution is 6.00. The maximum atomic E-state index is 14.3. The number of piperidine rings is 1. The van der Waals surface area contributed by atoms with E-state index in [-0.39, 0.29) is 29.8 Å². The average Bonchev–Trinajstić information content (AvgIpc) is 3.03. The molecule has 1 aliphatic rings. The van der Waals surface area contributed by atoms with Crippen molar-refractivity contribution in [3.63, 3.8) is 0 Å². The topological polar surface area (TPSA) is 69.2 Å². The molecular formula is C16H16F3N3O2. The van der Waals surface area contributed by atoms with E-state index in [9.17, 15) is 18.0 Å². The van der Waals surface area contributed by atoms with Crippen LogP contribution in [0.1, 0.15) is 23.2 Å². The van der Waals surface area contributed by atoms with E-state index < -0.39 is 29.8 Å². The number of carbonyl (C=O) groups excluding carboxylic acids is 1. The molecule has 1 fully saturated rings. The number of hydrogen-bond acceptors (Lipinski definition) is 3. The van der Waals surface area contributed by atoms with E-state index in [1.165, 1.54) is 11.0 Å². The molecule has 1 saturated heterocycles. The van der Waals surface area contributed by atoms with Gasteiger partial charge in [-0.05, 0) is 25.0 Å². The number of rotatable bonds is 3. The first-order valence-corrected chi connectivity index (χ1v) is 7.52. The maximum absolute atomic E-state index is 14.3. The normalized spacial score (nSPS) is 21.1. The standard InChI is InChI=1S/C16H16F3N3O2/c17-11-3-1-4-12(18)13(11)14-10(7-20-21-14)15(24)22-6-2-5-16(19,8-22)9-23/h1,3-4,7,23H,2,5-6,8-9H2,(H,20,21)/t16-/m0/s1. The Morgan fingerprint density at radius 1 is 1.38 bits per heavy atom. The molecule has 8 heteroatoms. The van der Waals surface area contributed by atoms with Crippen LogP contribution in [-0.2, 0) is 0 Å². The second-order valence-corrected chi connectivity index (χ2v) is 5.89. The third-order valence-corrected chi connectivity index (χ3v) is 4.18. The summed E-state index contributed by atoms with van der Waals surface area (Å²) in [5.74, 6) is -2.25. The Morgan fingerprint density at radius 2 is 2.08 bits per heavy atom. The smallest absolute Gasteiger partial charge is 0.257 e. The fourth-order valence-electron chi connectivity index (χ4n) is 2.94. The summed E-state index contributed by atoms with van der Waals surface area (Å²) in [5.41, 5.74) is -2.37. The van der Waals surface area contributed by atoms with Crippen molar-refractivity contribution < 1.29 is 23.1 Å². The van der Waals surface area contributed by atoms with E-state index in [2.05, 4.69) is 10.2 Å². The number of amides is 1. The lowest BCUT2D eigenvalue weighted by molar-refractivity contribution is 0.00177. The highest BCUT2D eigenvalue weighted by Crippen LogP contribution is 2.30. The number of nitrogens with zero attached hydrogens (tertiary/aromatic N) is 2. The lowest BCUT2D eigenvalue weighted by Crippen LogP contribution is -2.49. The van der Waals surface area contributed by atoms with Gasteiger partial charge in [-0.2, -0.15) is 5.10 Å². The fourth-order valence-corrected chi connectivity index (χ4v) is 2.94. The minimum Gasteiger partial charge on any atom is -0.393 e. The molecule has 5 nitrogen and oxygen atoms in total. The molecule has 2 aromatic rings. The van der Waals surface area contributed by atoms with Gasteiger partial charge in [0.05, 0.1) is 36.2 Å². The Morgan fingerprint density at radius 3 is 2.75 bits per heavy atom. The van der Waals surface area contributed by atoms with Crippen LogP contribution >= 0.6 is 0 Å². The monoisotopic (exact) mass is 339 g/mol. The molecule has 1 aromatic carbocycles. The number of aliphatic hydroxyl groups excluding tert-OH is 1. The lowest BCUT2D eigenvalue weighted by atomic mass is 9.95. The van der Waals surface area contributed by atoms with Gasteiger partial charge in [-0.25, -0.2) is 13.2 Å². The van der Waals surface area contributed by atoms with Crippen LogP contribution in [0.15, 0.2) is 24.4 Å². The van der Waals surface area contributed by atoms with Gasteiger partial charge >= 0.3 is 0 Å². The van der Waals surface area contributed by atoms with Gasteiger partial charge in [-0.1, -0.05) is 6.07 Å². The summed E-state index contributed by atoms with van der Waals surface area (Å²) in [7, 11) is 0. The summed E-state index contributed by atoms with van der Waals surface area (Å²) in [5, 5.41) is 15.3. The molecule has 0 spiro atoms. The Hall–Kier alpha value is -2.35. The predicted molar refractivity (Wildman–Crippen MR) is 80.0 cm³/mol. The number of carbonyl (C=O) groups is 1. The van der Waals surface area contributed by atoms with Crippen molar-refractivity contribution in [1.29, 1.82) is 0 Å². The van der Waals surface area contributed by atoms with Crippen LogP contribution < -0.4 is 0 Å². The van der Waals surface area contributed by atoms with Crippen molar-refractivity contribution in [2.75, 3.05) is 19.7 Å². The zero-order chi connectivity index (χ0) is 17.3. The Kier molecular flexibility index (Phi) is 4.31. The number of aromatic nitrogens is 2. The van der Waals surface area contributed by atoms with Gasteiger partial charge in [0, 0.05) is 6.54 Å². The quantitative estimate of drug-likeness (QED) is 0.901. The zero-order valence-corrected chi connectivity index (χ0v) is 12.7. The van der Waals surface area contributed by atoms with Crippen molar-refractivity contribution in [3.8, 4) is 11.3 Å². The van der Waals surface area contributed by atoms with Crippen LogP contribution in [0.25, 0.3) is 11.3 Å². The first kappa shape index (κ1) is 16.5. The molecule has 0 radical (unpaired) electrons. The molecule has 0 unspecified atom stereocenters. The lowest BCUT2D eigenvalue weighted by Gasteiger charge is -2.36. The second-order valence-electron chi connectivity index (χ2n) is 5.89. The first-order valence-electron chi connectivity index (χ1n) is 7.52. The maximum Gasteiger partial charge on any atom is 0.257 e. The summed E-state index contributed by atoms with van der Waals surface area (Å²) < 4.78 is 42.3. The fraction of sp³-hybridized carbons (Fsp3) is 0.375. The van der Waals surface area contributed by atoms with Gasteiger partial charge in [-0.3, -0.25) is 9.89 Å². The number of H-pyrrole nitrogens is 1. The number of likely N-dealkylation sites (tertiary alicyclic amines) is 1. The molecule has 3 rings (SSSR count). The van der Waals surface area contributed by atoms with E-state index >= 15 is 0 Å². The molecule has 2 heterocycles. The van der Waals surface area contributed by atoms with Gasteiger partial charge in [0.2, 0.25) is 0 Å². The third kappa shape index (κ3) is 2.89. The van der Waals surface area contributed by atoms with Crippen LogP contribution in [0.2, 0.25) is 0 Å². The molecular weight excluding hydrogens is 323 g/mol. The van der Waals surface area contributed by atoms with E-state index in [0.29, 0.717) is 13.0 Å². The summed E-state index contributed by atoms with van der Waals surface area (Å²) >= 11 is 0. The number of aliphatic hydroxyl groups is 1. The van der Waals surface area contributed by atoms with Crippen LogP contribution in [0, 0.1) is 11.6 Å². The van der Waals surface area contributed by atoms with E-state index in [4.69, 9.17) is 5.11 Å². The van der Waals surface area contributed by atoms with E-state index in [0.717, 1.165) is 18.3 Å². The summed E-state index contributed by atoms with van der Waals surface area (Å²) in [4.78, 5) is 13.9. The summed E-state index contributed by atoms with van der Waals surface area (Å²) in [6, 6.07) is 3.37. The highest BCUT2D eigenvalue weighted by Gasteiger charge is 2.38. The number of aromatic amines is 1. The Bertz CT molecular complexity index is 745. The molecule has 24 heavy (non-hydrogen) atoms. The molecule has 0 aliphatic carbocycles. The van der Waals surface area contributed by atoms with Crippen LogP contribution in [0.5, 0.6) is 0 Å². The number of nitrogens with one attached hydrogen (secondary N) is 1. The number of alkyl halides is 1. The Balaban J connectivity index is 1.94. The third-order valence-electron chi connectivity index (χ3n) is 4.18. The van der Waals surface area contributed by atoms with Crippen molar-refractivity contribution in [2.24, 2.45) is 0 Å². The summed E-state index contributed by atoms with van der Waals surface area (Å²) in [6.07, 6.45) is 1.72. The SMILES string of the molecule is O=C(c1cn[nH]c1-c1c(F)cccc1F)N1CCC[C@@](F)(CO)C1. The number of halogens is 3. The van der Waals surface area contributed by atoms with E-state index in [1.807, 2.05) is 0 Å². The molecule has 0 bridgehead atoms. The number of hydrogen-bond donors (Lipinski definition) is 2. The Labute approximate surface area is 136 Å². The van der Waals surface area contributed by atoms with Gasteiger partial charge < -0.3 is 10.0 Å². The number of benzene rings is 1. The van der Waals surface area contributed by atoms with Crippen LogP contribution in [0.4, 0.5) is 13.2 Å². The van der Waals surface area contributed by atoms with Gasteiger partial charge in [0.1, 0.15) is 11.6 Å². The molecule has 2 N–H and O–H groups in total. The molecule has 1 aromatic heterocycles. The first-order chi connectivity index (χ1) is 11.4. The molecule has 1 aliphatic heterocycles. The predicted octanol–water partition coefficient (Wildman–Crippen LogP) is 2.29. The molecule has 128 valence electrons.